The highest BCUT2D eigenvalue weighted by molar-refractivity contribution is 5.90. The highest BCUT2D eigenvalue weighted by atomic mass is 16.5. The van der Waals surface area contributed by atoms with Crippen molar-refractivity contribution in [1.82, 2.24) is 9.97 Å². The second-order valence-corrected chi connectivity index (χ2v) is 5.23. The van der Waals surface area contributed by atoms with Crippen LogP contribution < -0.4 is 10.6 Å². The molecule has 6 heteroatoms. The number of ether oxygens (including phenoxy) is 1. The third-order valence-electron chi connectivity index (χ3n) is 3.71. The molecule has 0 aliphatic carbocycles. The molecule has 2 unspecified atom stereocenters. The molecule has 1 saturated heterocycles. The van der Waals surface area contributed by atoms with Crippen molar-refractivity contribution in [3.63, 3.8) is 0 Å². The number of carbonyl (C=O) groups excluding carboxylic acids is 1. The van der Waals surface area contributed by atoms with E-state index in [-0.39, 0.29) is 5.97 Å². The molecule has 110 valence electrons. The third-order valence-corrected chi connectivity index (χ3v) is 3.71. The standard InChI is InChI=1S/C14H22N4O2/c1-4-20-13(19)12-7-16-14(17-10(12)3)18-8-11(6-15)5-9(18)2/h7,9,11H,4-6,8,15H2,1-3H3. The summed E-state index contributed by atoms with van der Waals surface area (Å²) in [6, 6.07) is 0.372. The molecule has 0 bridgehead atoms. The lowest BCUT2D eigenvalue weighted by Crippen LogP contribution is -2.29. The first-order chi connectivity index (χ1) is 9.56. The molecule has 0 spiro atoms. The predicted octanol–water partition coefficient (Wildman–Crippen LogP) is 1.14. The summed E-state index contributed by atoms with van der Waals surface area (Å²) in [5.74, 6) is 0.781. The van der Waals surface area contributed by atoms with E-state index in [0.717, 1.165) is 13.0 Å². The fraction of sp³-hybridized carbons (Fsp3) is 0.643. The van der Waals surface area contributed by atoms with Crippen molar-refractivity contribution in [2.75, 3.05) is 24.6 Å². The maximum atomic E-state index is 11.7. The molecule has 0 amide bonds. The van der Waals surface area contributed by atoms with Crippen LogP contribution in [0.4, 0.5) is 5.95 Å². The molecule has 1 aliphatic heterocycles. The van der Waals surface area contributed by atoms with Gasteiger partial charge in [0.15, 0.2) is 0 Å². The summed E-state index contributed by atoms with van der Waals surface area (Å²) in [5, 5.41) is 0. The Morgan fingerprint density at radius 1 is 1.60 bits per heavy atom. The number of hydrogen-bond donors (Lipinski definition) is 1. The minimum absolute atomic E-state index is 0.349. The molecule has 20 heavy (non-hydrogen) atoms. The highest BCUT2D eigenvalue weighted by Gasteiger charge is 2.30. The molecule has 1 aliphatic rings. The zero-order chi connectivity index (χ0) is 14.7. The van der Waals surface area contributed by atoms with E-state index in [1.165, 1.54) is 0 Å². The Morgan fingerprint density at radius 2 is 2.35 bits per heavy atom. The van der Waals surface area contributed by atoms with Crippen molar-refractivity contribution in [2.45, 2.75) is 33.2 Å². The van der Waals surface area contributed by atoms with E-state index in [9.17, 15) is 4.79 Å². The van der Waals surface area contributed by atoms with Crippen LogP contribution in [0.2, 0.25) is 0 Å². The summed E-state index contributed by atoms with van der Waals surface area (Å²) in [6.07, 6.45) is 2.61. The van der Waals surface area contributed by atoms with Crippen molar-refractivity contribution in [3.05, 3.63) is 17.5 Å². The van der Waals surface area contributed by atoms with Gasteiger partial charge in [0.25, 0.3) is 0 Å². The van der Waals surface area contributed by atoms with Gasteiger partial charge in [0, 0.05) is 18.8 Å². The molecule has 0 saturated carbocycles. The number of aryl methyl sites for hydroxylation is 1. The SMILES string of the molecule is CCOC(=O)c1cnc(N2CC(CN)CC2C)nc1C. The number of esters is 1. The maximum absolute atomic E-state index is 11.7. The lowest BCUT2D eigenvalue weighted by Gasteiger charge is -2.21. The Morgan fingerprint density at radius 3 is 2.90 bits per heavy atom. The third kappa shape index (κ3) is 2.90. The lowest BCUT2D eigenvalue weighted by atomic mass is 10.1. The van der Waals surface area contributed by atoms with Gasteiger partial charge >= 0.3 is 5.97 Å². The molecule has 2 rings (SSSR count). The fourth-order valence-electron chi connectivity index (χ4n) is 2.59. The topological polar surface area (TPSA) is 81.3 Å². The van der Waals surface area contributed by atoms with E-state index in [2.05, 4.69) is 21.8 Å². The normalized spacial score (nSPS) is 22.1. The number of nitrogens with two attached hydrogens (primary N) is 1. The van der Waals surface area contributed by atoms with E-state index in [1.54, 1.807) is 20.0 Å². The van der Waals surface area contributed by atoms with Gasteiger partial charge in [-0.25, -0.2) is 14.8 Å². The van der Waals surface area contributed by atoms with Crippen molar-refractivity contribution < 1.29 is 9.53 Å². The summed E-state index contributed by atoms with van der Waals surface area (Å²) in [6.45, 7) is 7.63. The second kappa shape index (κ2) is 6.17. The Kier molecular flexibility index (Phi) is 4.54. The smallest absolute Gasteiger partial charge is 0.341 e. The molecule has 2 heterocycles. The zero-order valence-electron chi connectivity index (χ0n) is 12.3. The Labute approximate surface area is 119 Å². The van der Waals surface area contributed by atoms with Crippen LogP contribution in [0.1, 0.15) is 36.3 Å². The van der Waals surface area contributed by atoms with Crippen LogP contribution in [0.25, 0.3) is 0 Å². The summed E-state index contributed by atoms with van der Waals surface area (Å²) < 4.78 is 4.98. The molecule has 1 fully saturated rings. The van der Waals surface area contributed by atoms with Crippen LogP contribution >= 0.6 is 0 Å². The Bertz CT molecular complexity index is 492. The second-order valence-electron chi connectivity index (χ2n) is 5.23. The highest BCUT2D eigenvalue weighted by Crippen LogP contribution is 2.26. The average Bonchev–Trinajstić information content (AvgIpc) is 2.80. The Hall–Kier alpha value is -1.69. The molecule has 1 aromatic heterocycles. The molecule has 6 nitrogen and oxygen atoms in total. The van der Waals surface area contributed by atoms with Gasteiger partial charge in [-0.05, 0) is 39.7 Å². The lowest BCUT2D eigenvalue weighted by molar-refractivity contribution is 0.0524. The van der Waals surface area contributed by atoms with Crippen molar-refractivity contribution in [3.8, 4) is 0 Å². The van der Waals surface area contributed by atoms with E-state index < -0.39 is 0 Å². The molecule has 0 radical (unpaired) electrons. The van der Waals surface area contributed by atoms with Crippen molar-refractivity contribution >= 4 is 11.9 Å². The van der Waals surface area contributed by atoms with Gasteiger partial charge in [-0.15, -0.1) is 0 Å². The van der Waals surface area contributed by atoms with Gasteiger partial charge in [-0.3, -0.25) is 0 Å². The number of rotatable bonds is 4. The fourth-order valence-corrected chi connectivity index (χ4v) is 2.59. The summed E-state index contributed by atoms with van der Waals surface area (Å²) in [4.78, 5) is 22.6. The Balaban J connectivity index is 2.19. The van der Waals surface area contributed by atoms with Gasteiger partial charge in [-0.2, -0.15) is 0 Å². The largest absolute Gasteiger partial charge is 0.462 e. The summed E-state index contributed by atoms with van der Waals surface area (Å²) in [7, 11) is 0. The van der Waals surface area contributed by atoms with Crippen LogP contribution in [0, 0.1) is 12.8 Å². The average molecular weight is 278 g/mol. The molecular weight excluding hydrogens is 256 g/mol. The van der Waals surface area contributed by atoms with Crippen LogP contribution in [0.5, 0.6) is 0 Å². The molecule has 2 atom stereocenters. The summed E-state index contributed by atoms with van der Waals surface area (Å²) in [5.41, 5.74) is 6.81. The van der Waals surface area contributed by atoms with Crippen LogP contribution in [0.15, 0.2) is 6.20 Å². The predicted molar refractivity (Wildman–Crippen MR) is 76.7 cm³/mol. The van der Waals surface area contributed by atoms with E-state index in [0.29, 0.717) is 42.3 Å². The quantitative estimate of drug-likeness (QED) is 0.832. The number of nitrogens with zero attached hydrogens (tertiary/aromatic N) is 3. The van der Waals surface area contributed by atoms with Gasteiger partial charge in [-0.1, -0.05) is 0 Å². The molecule has 2 N–H and O–H groups in total. The number of aromatic nitrogens is 2. The van der Waals surface area contributed by atoms with Gasteiger partial charge < -0.3 is 15.4 Å². The molecule has 0 aromatic carbocycles. The van der Waals surface area contributed by atoms with Gasteiger partial charge in [0.1, 0.15) is 0 Å². The van der Waals surface area contributed by atoms with Crippen molar-refractivity contribution in [2.24, 2.45) is 11.7 Å². The minimum atomic E-state index is -0.370. The van der Waals surface area contributed by atoms with Gasteiger partial charge in [0.2, 0.25) is 5.95 Å². The van der Waals surface area contributed by atoms with E-state index in [1.807, 2.05) is 0 Å². The van der Waals surface area contributed by atoms with Crippen molar-refractivity contribution in [1.29, 1.82) is 0 Å². The first-order valence-electron chi connectivity index (χ1n) is 7.04. The first-order valence-corrected chi connectivity index (χ1v) is 7.04. The number of carbonyl (C=O) groups is 1. The minimum Gasteiger partial charge on any atom is -0.462 e. The van der Waals surface area contributed by atoms with Crippen LogP contribution in [-0.4, -0.2) is 41.7 Å². The zero-order valence-corrected chi connectivity index (χ0v) is 12.3. The van der Waals surface area contributed by atoms with E-state index in [4.69, 9.17) is 10.5 Å². The van der Waals surface area contributed by atoms with Gasteiger partial charge in [0.05, 0.1) is 17.9 Å². The van der Waals surface area contributed by atoms with Crippen LogP contribution in [0.3, 0.4) is 0 Å². The van der Waals surface area contributed by atoms with E-state index >= 15 is 0 Å². The molecule has 1 aromatic rings. The van der Waals surface area contributed by atoms with Crippen LogP contribution in [-0.2, 0) is 4.74 Å². The number of anilines is 1. The molecular formula is C14H22N4O2. The maximum Gasteiger partial charge on any atom is 0.341 e. The number of hydrogen-bond acceptors (Lipinski definition) is 6. The monoisotopic (exact) mass is 278 g/mol. The first kappa shape index (κ1) is 14.7. The summed E-state index contributed by atoms with van der Waals surface area (Å²) >= 11 is 0.